The van der Waals surface area contributed by atoms with Gasteiger partial charge in [0.2, 0.25) is 0 Å². The maximum Gasteiger partial charge on any atom is 0.0719 e. The van der Waals surface area contributed by atoms with Gasteiger partial charge in [-0.2, -0.15) is 0 Å². The summed E-state index contributed by atoms with van der Waals surface area (Å²) >= 11 is 0. The van der Waals surface area contributed by atoms with E-state index in [0.29, 0.717) is 0 Å². The first-order valence-corrected chi connectivity index (χ1v) is 5.11. The predicted octanol–water partition coefficient (Wildman–Crippen LogP) is 3.06. The summed E-state index contributed by atoms with van der Waals surface area (Å²) in [4.78, 5) is 0. The lowest BCUT2D eigenvalue weighted by Crippen LogP contribution is -2.38. The minimum atomic E-state index is 0.230. The van der Waals surface area contributed by atoms with Gasteiger partial charge < -0.3 is 4.74 Å². The van der Waals surface area contributed by atoms with Gasteiger partial charge in [-0.1, -0.05) is 12.2 Å². The molecule has 1 aliphatic carbocycles. The highest BCUT2D eigenvalue weighted by molar-refractivity contribution is 5.06. The van der Waals surface area contributed by atoms with Crippen LogP contribution in [0.25, 0.3) is 0 Å². The van der Waals surface area contributed by atoms with E-state index in [-0.39, 0.29) is 5.60 Å². The highest BCUT2D eigenvalue weighted by Gasteiger charge is 2.35. The lowest BCUT2D eigenvalue weighted by Gasteiger charge is -2.41. The molecule has 1 heterocycles. The van der Waals surface area contributed by atoms with E-state index in [0.717, 1.165) is 13.0 Å². The zero-order valence-electron chi connectivity index (χ0n) is 7.77. The van der Waals surface area contributed by atoms with Crippen LogP contribution >= 0.6 is 0 Å². The number of rotatable bonds is 0. The summed E-state index contributed by atoms with van der Waals surface area (Å²) in [6.45, 7) is 5.06. The average molecular weight is 166 g/mol. The van der Waals surface area contributed by atoms with Crippen LogP contribution in [-0.2, 0) is 4.74 Å². The Kier molecular flexibility index (Phi) is 2.22. The fraction of sp³-hybridized carbons (Fsp3) is 0.818. The molecule has 1 spiro atoms. The van der Waals surface area contributed by atoms with Crippen molar-refractivity contribution in [1.29, 1.82) is 0 Å². The molecular formula is C11H18O. The molecule has 0 radical (unpaired) electrons. The molecule has 1 atom stereocenters. The lowest BCUT2D eigenvalue weighted by atomic mass is 9.78. The Morgan fingerprint density at radius 3 is 2.67 bits per heavy atom. The monoisotopic (exact) mass is 166 g/mol. The van der Waals surface area contributed by atoms with E-state index in [4.69, 9.17) is 4.74 Å². The summed E-state index contributed by atoms with van der Waals surface area (Å²) in [7, 11) is 0. The van der Waals surface area contributed by atoms with Gasteiger partial charge in [0.25, 0.3) is 0 Å². The molecule has 1 heteroatoms. The van der Waals surface area contributed by atoms with E-state index in [1.54, 1.807) is 0 Å². The first-order chi connectivity index (χ1) is 5.81. The van der Waals surface area contributed by atoms with Crippen molar-refractivity contribution in [2.75, 3.05) is 6.61 Å². The first kappa shape index (κ1) is 8.31. The van der Waals surface area contributed by atoms with Gasteiger partial charge in [-0.15, -0.1) is 0 Å². The minimum absolute atomic E-state index is 0.230. The third-order valence-corrected chi connectivity index (χ3v) is 3.17. The van der Waals surface area contributed by atoms with Crippen LogP contribution in [0.2, 0.25) is 0 Å². The van der Waals surface area contributed by atoms with E-state index in [1.165, 1.54) is 44.1 Å². The number of hydrogen-bond acceptors (Lipinski definition) is 1. The first-order valence-electron chi connectivity index (χ1n) is 5.11. The largest absolute Gasteiger partial charge is 0.375 e. The molecule has 0 aromatic carbocycles. The second kappa shape index (κ2) is 3.21. The van der Waals surface area contributed by atoms with Crippen LogP contribution in [0.3, 0.4) is 0 Å². The van der Waals surface area contributed by atoms with Gasteiger partial charge in [-0.25, -0.2) is 0 Å². The van der Waals surface area contributed by atoms with Crippen molar-refractivity contribution < 1.29 is 4.74 Å². The van der Waals surface area contributed by atoms with Gasteiger partial charge in [0, 0.05) is 6.61 Å². The zero-order valence-corrected chi connectivity index (χ0v) is 7.77. The molecule has 0 aromatic heterocycles. The Bertz CT molecular complexity index is 172. The molecule has 2 aliphatic rings. The maximum absolute atomic E-state index is 5.92. The highest BCUT2D eigenvalue weighted by Crippen LogP contribution is 2.39. The van der Waals surface area contributed by atoms with Crippen LogP contribution in [0.5, 0.6) is 0 Å². The summed E-state index contributed by atoms with van der Waals surface area (Å²) < 4.78 is 5.92. The maximum atomic E-state index is 5.92. The second-order valence-electron chi connectivity index (χ2n) is 4.27. The molecule has 68 valence electrons. The van der Waals surface area contributed by atoms with Crippen molar-refractivity contribution in [2.24, 2.45) is 0 Å². The molecule has 0 N–H and O–H groups in total. The van der Waals surface area contributed by atoms with E-state index < -0.39 is 0 Å². The molecule has 0 amide bonds. The third-order valence-electron chi connectivity index (χ3n) is 3.17. The number of ether oxygens (including phenoxy) is 1. The van der Waals surface area contributed by atoms with Crippen LogP contribution in [-0.4, -0.2) is 12.2 Å². The normalized spacial score (nSPS) is 37.2. The fourth-order valence-corrected chi connectivity index (χ4v) is 2.54. The summed E-state index contributed by atoms with van der Waals surface area (Å²) in [6.07, 6.45) is 8.80. The standard InChI is InChI=1S/C11H18O/c1-10-5-4-7-11(9-10)6-2-3-8-12-11/h1-9H2. The molecular weight excluding hydrogens is 148 g/mol. The third kappa shape index (κ3) is 1.56. The summed E-state index contributed by atoms with van der Waals surface area (Å²) in [6, 6.07) is 0. The van der Waals surface area contributed by atoms with Gasteiger partial charge in [-0.05, 0) is 44.9 Å². The van der Waals surface area contributed by atoms with Crippen LogP contribution in [0.1, 0.15) is 44.9 Å². The molecule has 1 aliphatic heterocycles. The van der Waals surface area contributed by atoms with Crippen molar-refractivity contribution in [2.45, 2.75) is 50.5 Å². The Hall–Kier alpha value is -0.300. The Morgan fingerprint density at radius 1 is 1.17 bits per heavy atom. The van der Waals surface area contributed by atoms with E-state index in [9.17, 15) is 0 Å². The van der Waals surface area contributed by atoms with Crippen LogP contribution in [0, 0.1) is 0 Å². The van der Waals surface area contributed by atoms with Gasteiger partial charge in [-0.3, -0.25) is 0 Å². The quantitative estimate of drug-likeness (QED) is 0.502. The zero-order chi connectivity index (χ0) is 8.44. The van der Waals surface area contributed by atoms with Gasteiger partial charge in [0.1, 0.15) is 0 Å². The van der Waals surface area contributed by atoms with Crippen molar-refractivity contribution in [1.82, 2.24) is 0 Å². The van der Waals surface area contributed by atoms with Gasteiger partial charge >= 0.3 is 0 Å². The summed E-state index contributed by atoms with van der Waals surface area (Å²) in [5, 5.41) is 0. The average Bonchev–Trinajstić information content (AvgIpc) is 2.05. The minimum Gasteiger partial charge on any atom is -0.375 e. The Labute approximate surface area is 74.8 Å². The second-order valence-corrected chi connectivity index (χ2v) is 4.27. The van der Waals surface area contributed by atoms with Crippen molar-refractivity contribution in [3.63, 3.8) is 0 Å². The molecule has 0 aromatic rings. The summed E-state index contributed by atoms with van der Waals surface area (Å²) in [5.74, 6) is 0. The molecule has 12 heavy (non-hydrogen) atoms. The van der Waals surface area contributed by atoms with Crippen molar-refractivity contribution >= 4 is 0 Å². The summed E-state index contributed by atoms with van der Waals surface area (Å²) in [5.41, 5.74) is 1.64. The molecule has 1 saturated heterocycles. The molecule has 0 bridgehead atoms. The van der Waals surface area contributed by atoms with Crippen molar-refractivity contribution in [3.8, 4) is 0 Å². The van der Waals surface area contributed by atoms with Crippen LogP contribution in [0.15, 0.2) is 12.2 Å². The SMILES string of the molecule is C=C1CCCC2(CCCCO2)C1. The van der Waals surface area contributed by atoms with Crippen molar-refractivity contribution in [3.05, 3.63) is 12.2 Å². The predicted molar refractivity (Wildman–Crippen MR) is 50.1 cm³/mol. The van der Waals surface area contributed by atoms with E-state index >= 15 is 0 Å². The van der Waals surface area contributed by atoms with E-state index in [2.05, 4.69) is 6.58 Å². The van der Waals surface area contributed by atoms with Crippen LogP contribution < -0.4 is 0 Å². The van der Waals surface area contributed by atoms with Gasteiger partial charge in [0.05, 0.1) is 5.60 Å². The Morgan fingerprint density at radius 2 is 2.00 bits per heavy atom. The van der Waals surface area contributed by atoms with E-state index in [1.807, 2.05) is 0 Å². The number of hydrogen-bond donors (Lipinski definition) is 0. The molecule has 2 rings (SSSR count). The van der Waals surface area contributed by atoms with Crippen LogP contribution in [0.4, 0.5) is 0 Å². The molecule has 2 fully saturated rings. The molecule has 1 saturated carbocycles. The topological polar surface area (TPSA) is 9.23 Å². The molecule has 1 unspecified atom stereocenters. The fourth-order valence-electron chi connectivity index (χ4n) is 2.54. The Balaban J connectivity index is 2.02. The lowest BCUT2D eigenvalue weighted by molar-refractivity contribution is -0.0897. The molecule has 1 nitrogen and oxygen atoms in total. The highest BCUT2D eigenvalue weighted by atomic mass is 16.5. The smallest absolute Gasteiger partial charge is 0.0719 e. The van der Waals surface area contributed by atoms with Gasteiger partial charge in [0.15, 0.2) is 0 Å².